The molecule has 3 N–H and O–H groups in total. The van der Waals surface area contributed by atoms with Crippen molar-refractivity contribution in [2.45, 2.75) is 58.0 Å². The van der Waals surface area contributed by atoms with Crippen LogP contribution in [0.5, 0.6) is 0 Å². The second kappa shape index (κ2) is 10.3. The van der Waals surface area contributed by atoms with E-state index in [1.54, 1.807) is 30.5 Å². The lowest BCUT2D eigenvalue weighted by Gasteiger charge is -2.28. The van der Waals surface area contributed by atoms with Gasteiger partial charge in [-0.3, -0.25) is 9.59 Å². The highest BCUT2D eigenvalue weighted by Gasteiger charge is 2.26. The Morgan fingerprint density at radius 1 is 1.17 bits per heavy atom. The maximum Gasteiger partial charge on any atom is 0.271 e. The van der Waals surface area contributed by atoms with Gasteiger partial charge in [-0.05, 0) is 50.7 Å². The molecule has 0 unspecified atom stereocenters. The summed E-state index contributed by atoms with van der Waals surface area (Å²) < 4.78 is 0. The Morgan fingerprint density at radius 3 is 2.62 bits per heavy atom. The molecule has 156 valence electrons. The van der Waals surface area contributed by atoms with Crippen LogP contribution in [0.15, 0.2) is 17.5 Å². The number of hydrogen-bond acceptors (Lipinski definition) is 7. The predicted octanol–water partition coefficient (Wildman–Crippen LogP) is 2.53. The zero-order chi connectivity index (χ0) is 20.6. The molecule has 0 radical (unpaired) electrons. The number of aromatic nitrogens is 3. The summed E-state index contributed by atoms with van der Waals surface area (Å²) in [5.41, 5.74) is 1.24. The van der Waals surface area contributed by atoms with Gasteiger partial charge in [0, 0.05) is 24.4 Å². The number of hydrogen-bond donors (Lipinski definition) is 3. The Morgan fingerprint density at radius 2 is 1.97 bits per heavy atom. The van der Waals surface area contributed by atoms with Crippen LogP contribution in [0.4, 0.5) is 5.82 Å². The van der Waals surface area contributed by atoms with Crippen LogP contribution in [-0.2, 0) is 17.8 Å². The van der Waals surface area contributed by atoms with Crippen molar-refractivity contribution in [2.24, 2.45) is 5.92 Å². The molecule has 0 atom stereocenters. The van der Waals surface area contributed by atoms with Crippen LogP contribution in [0.2, 0.25) is 0 Å². The molecule has 0 aromatic carbocycles. The quantitative estimate of drug-likeness (QED) is 0.610. The molecule has 29 heavy (non-hydrogen) atoms. The Labute approximate surface area is 174 Å². The molecule has 3 rings (SSSR count). The lowest BCUT2D eigenvalue weighted by Crippen LogP contribution is -2.35. The molecule has 2 heterocycles. The van der Waals surface area contributed by atoms with Crippen molar-refractivity contribution >= 4 is 29.0 Å². The minimum atomic E-state index is -0.255. The fourth-order valence-corrected chi connectivity index (χ4v) is 4.35. The topological polar surface area (TPSA) is 109 Å². The van der Waals surface area contributed by atoms with Gasteiger partial charge in [0.1, 0.15) is 5.82 Å². The van der Waals surface area contributed by atoms with E-state index < -0.39 is 0 Å². The average Bonchev–Trinajstić information content (AvgIpc) is 3.20. The first kappa shape index (κ1) is 21.2. The summed E-state index contributed by atoms with van der Waals surface area (Å²) >= 11 is 1.66. The van der Waals surface area contributed by atoms with Crippen molar-refractivity contribution in [1.82, 2.24) is 25.8 Å². The molecule has 1 fully saturated rings. The maximum absolute atomic E-state index is 12.5. The van der Waals surface area contributed by atoms with Gasteiger partial charge in [0.15, 0.2) is 5.69 Å². The van der Waals surface area contributed by atoms with Gasteiger partial charge >= 0.3 is 0 Å². The van der Waals surface area contributed by atoms with Gasteiger partial charge in [0.25, 0.3) is 5.91 Å². The standard InChI is InChI=1S/C20H28N6O2S/c1-3-4-18-24-15(12-29-18)11-22-19(27)13-5-7-14(8-6-13)23-17-10-9-16(25-26-17)20(28)21-2/h9-10,12-14H,3-8,11H2,1-2H3,(H,21,28)(H,22,27)(H,23,26). The van der Waals surface area contributed by atoms with Crippen molar-refractivity contribution in [3.05, 3.63) is 33.9 Å². The number of carbonyl (C=O) groups is 2. The SMILES string of the molecule is CCCc1nc(CNC(=O)C2CCC(Nc3ccc(C(=O)NC)nn3)CC2)cs1. The highest BCUT2D eigenvalue weighted by molar-refractivity contribution is 7.09. The number of nitrogens with one attached hydrogen (secondary N) is 3. The zero-order valence-electron chi connectivity index (χ0n) is 16.9. The Balaban J connectivity index is 1.41. The number of thiazole rings is 1. The lowest BCUT2D eigenvalue weighted by atomic mass is 9.85. The van der Waals surface area contributed by atoms with E-state index in [1.165, 1.54) is 0 Å². The molecular weight excluding hydrogens is 388 g/mol. The minimum absolute atomic E-state index is 0.0449. The van der Waals surface area contributed by atoms with Crippen molar-refractivity contribution in [3.8, 4) is 0 Å². The number of carbonyl (C=O) groups excluding carboxylic acids is 2. The van der Waals surface area contributed by atoms with Gasteiger partial charge in [-0.1, -0.05) is 6.92 Å². The van der Waals surface area contributed by atoms with E-state index in [4.69, 9.17) is 0 Å². The van der Waals surface area contributed by atoms with E-state index in [2.05, 4.69) is 38.1 Å². The second-order valence-electron chi connectivity index (χ2n) is 7.28. The van der Waals surface area contributed by atoms with E-state index >= 15 is 0 Å². The normalized spacial score (nSPS) is 18.8. The first-order valence-electron chi connectivity index (χ1n) is 10.1. The van der Waals surface area contributed by atoms with E-state index in [0.717, 1.165) is 49.2 Å². The van der Waals surface area contributed by atoms with Crippen molar-refractivity contribution in [1.29, 1.82) is 0 Å². The van der Waals surface area contributed by atoms with Gasteiger partial charge in [-0.25, -0.2) is 4.98 Å². The molecule has 0 spiro atoms. The second-order valence-corrected chi connectivity index (χ2v) is 8.22. The molecule has 0 bridgehead atoms. The highest BCUT2D eigenvalue weighted by Crippen LogP contribution is 2.26. The van der Waals surface area contributed by atoms with Gasteiger partial charge in [-0.15, -0.1) is 21.5 Å². The van der Waals surface area contributed by atoms with Crippen LogP contribution in [0.1, 0.15) is 60.2 Å². The molecule has 0 saturated heterocycles. The number of nitrogens with zero attached hydrogens (tertiary/aromatic N) is 3. The van der Waals surface area contributed by atoms with Crippen molar-refractivity contribution in [2.75, 3.05) is 12.4 Å². The van der Waals surface area contributed by atoms with Crippen LogP contribution in [0.25, 0.3) is 0 Å². The minimum Gasteiger partial charge on any atom is -0.366 e. The number of rotatable bonds is 8. The van der Waals surface area contributed by atoms with Crippen LogP contribution >= 0.6 is 11.3 Å². The van der Waals surface area contributed by atoms with Gasteiger partial charge in [-0.2, -0.15) is 0 Å². The molecule has 2 aromatic heterocycles. The molecule has 0 aliphatic heterocycles. The molecule has 1 aliphatic rings. The van der Waals surface area contributed by atoms with E-state index in [9.17, 15) is 9.59 Å². The van der Waals surface area contributed by atoms with E-state index in [-0.39, 0.29) is 23.8 Å². The molecule has 2 amide bonds. The Hall–Kier alpha value is -2.55. The van der Waals surface area contributed by atoms with Crippen LogP contribution < -0.4 is 16.0 Å². The summed E-state index contributed by atoms with van der Waals surface area (Å²) in [7, 11) is 1.56. The molecule has 8 nitrogen and oxygen atoms in total. The third kappa shape index (κ3) is 5.96. The Kier molecular flexibility index (Phi) is 7.51. The highest BCUT2D eigenvalue weighted by atomic mass is 32.1. The van der Waals surface area contributed by atoms with Gasteiger partial charge in [0.2, 0.25) is 5.91 Å². The van der Waals surface area contributed by atoms with Gasteiger partial charge in [0.05, 0.1) is 17.2 Å². The fraction of sp³-hybridized carbons (Fsp3) is 0.550. The summed E-state index contributed by atoms with van der Waals surface area (Å²) in [5, 5.41) is 20.1. The van der Waals surface area contributed by atoms with Crippen LogP contribution in [-0.4, -0.2) is 40.1 Å². The maximum atomic E-state index is 12.5. The van der Waals surface area contributed by atoms with Gasteiger partial charge < -0.3 is 16.0 Å². The summed E-state index contributed by atoms with van der Waals surface area (Å²) in [6.07, 6.45) is 5.55. The average molecular weight is 417 g/mol. The smallest absolute Gasteiger partial charge is 0.271 e. The number of aryl methyl sites for hydroxylation is 1. The first-order chi connectivity index (χ1) is 14.1. The summed E-state index contributed by atoms with van der Waals surface area (Å²) in [5.74, 6) is 0.554. The van der Waals surface area contributed by atoms with E-state index in [1.807, 2.05) is 5.38 Å². The van der Waals surface area contributed by atoms with Crippen molar-refractivity contribution < 1.29 is 9.59 Å². The molecule has 1 aliphatic carbocycles. The lowest BCUT2D eigenvalue weighted by molar-refractivity contribution is -0.126. The van der Waals surface area contributed by atoms with Crippen LogP contribution in [0, 0.1) is 5.92 Å². The zero-order valence-corrected chi connectivity index (χ0v) is 17.7. The van der Waals surface area contributed by atoms with Crippen molar-refractivity contribution in [3.63, 3.8) is 0 Å². The Bertz CT molecular complexity index is 815. The third-order valence-electron chi connectivity index (χ3n) is 5.08. The fourth-order valence-electron chi connectivity index (χ4n) is 3.45. The van der Waals surface area contributed by atoms with E-state index in [0.29, 0.717) is 18.1 Å². The molecular formula is C20H28N6O2S. The molecule has 9 heteroatoms. The third-order valence-corrected chi connectivity index (χ3v) is 6.04. The summed E-state index contributed by atoms with van der Waals surface area (Å²) in [4.78, 5) is 28.6. The summed E-state index contributed by atoms with van der Waals surface area (Å²) in [6.45, 7) is 2.64. The first-order valence-corrected chi connectivity index (χ1v) is 11.0. The summed E-state index contributed by atoms with van der Waals surface area (Å²) in [6, 6.07) is 3.67. The largest absolute Gasteiger partial charge is 0.366 e. The predicted molar refractivity (Wildman–Crippen MR) is 113 cm³/mol. The molecule has 2 aromatic rings. The van der Waals surface area contributed by atoms with Crippen LogP contribution in [0.3, 0.4) is 0 Å². The number of anilines is 1. The monoisotopic (exact) mass is 416 g/mol. The number of amides is 2. The molecule has 1 saturated carbocycles.